The summed E-state index contributed by atoms with van der Waals surface area (Å²) in [6.45, 7) is 5.14. The molecule has 17 heavy (non-hydrogen) atoms. The van der Waals surface area contributed by atoms with Crippen LogP contribution in [-0.4, -0.2) is 19.8 Å². The Kier molecular flexibility index (Phi) is 3.89. The molecule has 1 aromatic carbocycles. The summed E-state index contributed by atoms with van der Waals surface area (Å²) in [6.07, 6.45) is 2.21. The third-order valence-electron chi connectivity index (χ3n) is 3.03. The summed E-state index contributed by atoms with van der Waals surface area (Å²) in [4.78, 5) is 0. The van der Waals surface area contributed by atoms with Gasteiger partial charge in [-0.15, -0.1) is 0 Å². The summed E-state index contributed by atoms with van der Waals surface area (Å²) in [5.41, 5.74) is 1.25. The molecule has 3 nitrogen and oxygen atoms in total. The van der Waals surface area contributed by atoms with Crippen LogP contribution in [0, 0.1) is 0 Å². The largest absolute Gasteiger partial charge is 0.497 e. The first-order valence-electron chi connectivity index (χ1n) is 6.27. The van der Waals surface area contributed by atoms with E-state index >= 15 is 0 Å². The first-order chi connectivity index (χ1) is 8.20. The Morgan fingerprint density at radius 2 is 2.24 bits per heavy atom. The van der Waals surface area contributed by atoms with E-state index < -0.39 is 0 Å². The van der Waals surface area contributed by atoms with Crippen LogP contribution in [0.3, 0.4) is 0 Å². The average molecular weight is 235 g/mol. The zero-order valence-electron chi connectivity index (χ0n) is 10.8. The normalized spacial score (nSPS) is 19.4. The first-order valence-corrected chi connectivity index (χ1v) is 6.27. The summed E-state index contributed by atoms with van der Waals surface area (Å²) in [6, 6.07) is 6.96. The zero-order valence-corrected chi connectivity index (χ0v) is 10.8. The van der Waals surface area contributed by atoms with Crippen LogP contribution in [0.2, 0.25) is 0 Å². The van der Waals surface area contributed by atoms with Gasteiger partial charge < -0.3 is 14.8 Å². The molecule has 1 unspecified atom stereocenters. The zero-order chi connectivity index (χ0) is 12.3. The molecule has 0 radical (unpaired) electrons. The van der Waals surface area contributed by atoms with Crippen molar-refractivity contribution in [3.63, 3.8) is 0 Å². The van der Waals surface area contributed by atoms with Crippen molar-refractivity contribution in [2.75, 3.05) is 13.7 Å². The fraction of sp³-hybridized carbons (Fsp3) is 0.571. The lowest BCUT2D eigenvalue weighted by Gasteiger charge is -2.21. The Hall–Kier alpha value is -1.22. The van der Waals surface area contributed by atoms with Crippen molar-refractivity contribution in [1.82, 2.24) is 5.32 Å². The van der Waals surface area contributed by atoms with E-state index in [4.69, 9.17) is 9.47 Å². The molecule has 3 heteroatoms. The Morgan fingerprint density at radius 3 is 2.94 bits per heavy atom. The van der Waals surface area contributed by atoms with Crippen LogP contribution in [0.1, 0.15) is 38.3 Å². The third kappa shape index (κ3) is 2.91. The highest BCUT2D eigenvalue weighted by Gasteiger charge is 2.20. The molecule has 0 saturated carbocycles. The second-order valence-corrected chi connectivity index (χ2v) is 4.77. The Labute approximate surface area is 103 Å². The number of rotatable bonds is 3. The number of fused-ring (bicyclic) bond motifs is 1. The fourth-order valence-electron chi connectivity index (χ4n) is 2.26. The maximum atomic E-state index is 5.78. The highest BCUT2D eigenvalue weighted by atomic mass is 16.5. The third-order valence-corrected chi connectivity index (χ3v) is 3.03. The summed E-state index contributed by atoms with van der Waals surface area (Å²) in [5.74, 6) is 1.81. The number of ether oxygens (including phenoxy) is 2. The van der Waals surface area contributed by atoms with Gasteiger partial charge in [-0.3, -0.25) is 0 Å². The molecule has 1 N–H and O–H groups in total. The standard InChI is InChI=1S/C14H21NO2/c1-10(2)15-13-5-4-8-17-14-9-11(16-3)6-7-12(13)14/h6-7,9-10,13,15H,4-5,8H2,1-3H3. The molecule has 0 fully saturated rings. The van der Waals surface area contributed by atoms with E-state index in [1.807, 2.05) is 12.1 Å². The molecule has 0 spiro atoms. The van der Waals surface area contributed by atoms with Gasteiger partial charge in [-0.05, 0) is 18.9 Å². The number of hydrogen-bond acceptors (Lipinski definition) is 3. The van der Waals surface area contributed by atoms with Gasteiger partial charge in [0.2, 0.25) is 0 Å². The van der Waals surface area contributed by atoms with E-state index in [-0.39, 0.29) is 0 Å². The molecule has 2 rings (SSSR count). The van der Waals surface area contributed by atoms with Crippen molar-refractivity contribution in [3.8, 4) is 11.5 Å². The lowest BCUT2D eigenvalue weighted by molar-refractivity contribution is 0.312. The van der Waals surface area contributed by atoms with Crippen LogP contribution < -0.4 is 14.8 Å². The van der Waals surface area contributed by atoms with Gasteiger partial charge >= 0.3 is 0 Å². The molecule has 0 aliphatic carbocycles. The Morgan fingerprint density at radius 1 is 1.41 bits per heavy atom. The van der Waals surface area contributed by atoms with Crippen molar-refractivity contribution < 1.29 is 9.47 Å². The van der Waals surface area contributed by atoms with Crippen molar-refractivity contribution in [2.45, 2.75) is 38.8 Å². The van der Waals surface area contributed by atoms with Crippen molar-refractivity contribution >= 4 is 0 Å². The molecule has 1 aromatic rings. The smallest absolute Gasteiger partial charge is 0.127 e. The average Bonchev–Trinajstić information content (AvgIpc) is 2.50. The van der Waals surface area contributed by atoms with Crippen molar-refractivity contribution in [2.24, 2.45) is 0 Å². The van der Waals surface area contributed by atoms with E-state index in [9.17, 15) is 0 Å². The summed E-state index contributed by atoms with van der Waals surface area (Å²) < 4.78 is 11.0. The van der Waals surface area contributed by atoms with E-state index in [1.165, 1.54) is 5.56 Å². The van der Waals surface area contributed by atoms with E-state index in [0.717, 1.165) is 30.9 Å². The minimum atomic E-state index is 0.387. The topological polar surface area (TPSA) is 30.5 Å². The summed E-state index contributed by atoms with van der Waals surface area (Å²) in [7, 11) is 1.68. The van der Waals surface area contributed by atoms with Crippen LogP contribution >= 0.6 is 0 Å². The van der Waals surface area contributed by atoms with Gasteiger partial charge in [-0.25, -0.2) is 0 Å². The first kappa shape index (κ1) is 12.2. The number of hydrogen-bond donors (Lipinski definition) is 1. The van der Waals surface area contributed by atoms with Gasteiger partial charge in [0.05, 0.1) is 13.7 Å². The molecule has 0 amide bonds. The molecule has 1 aliphatic heterocycles. The number of methoxy groups -OCH3 is 1. The van der Waals surface area contributed by atoms with Crippen LogP contribution in [0.25, 0.3) is 0 Å². The van der Waals surface area contributed by atoms with Gasteiger partial charge in [-0.1, -0.05) is 19.9 Å². The van der Waals surface area contributed by atoms with Gasteiger partial charge in [0.1, 0.15) is 11.5 Å². The monoisotopic (exact) mass is 235 g/mol. The Balaban J connectivity index is 2.28. The Bertz CT molecular complexity index is 376. The number of benzene rings is 1. The van der Waals surface area contributed by atoms with Gasteiger partial charge in [0.15, 0.2) is 0 Å². The van der Waals surface area contributed by atoms with Gasteiger partial charge in [-0.2, -0.15) is 0 Å². The van der Waals surface area contributed by atoms with Gasteiger partial charge in [0, 0.05) is 23.7 Å². The summed E-state index contributed by atoms with van der Waals surface area (Å²) in [5, 5.41) is 3.59. The molecule has 0 saturated heterocycles. The van der Waals surface area contributed by atoms with Crippen molar-refractivity contribution in [3.05, 3.63) is 23.8 Å². The molecule has 0 bridgehead atoms. The lowest BCUT2D eigenvalue weighted by Crippen LogP contribution is -2.27. The van der Waals surface area contributed by atoms with Crippen LogP contribution in [0.4, 0.5) is 0 Å². The second-order valence-electron chi connectivity index (χ2n) is 4.77. The molecule has 94 valence electrons. The predicted molar refractivity (Wildman–Crippen MR) is 68.7 cm³/mol. The molecule has 1 atom stereocenters. The fourth-order valence-corrected chi connectivity index (χ4v) is 2.26. The highest BCUT2D eigenvalue weighted by molar-refractivity contribution is 5.43. The van der Waals surface area contributed by atoms with Crippen molar-refractivity contribution in [1.29, 1.82) is 0 Å². The molecular weight excluding hydrogens is 214 g/mol. The number of nitrogens with one attached hydrogen (secondary N) is 1. The highest BCUT2D eigenvalue weighted by Crippen LogP contribution is 2.34. The maximum absolute atomic E-state index is 5.78. The SMILES string of the molecule is COc1ccc2c(c1)OCCCC2NC(C)C. The van der Waals surface area contributed by atoms with E-state index in [2.05, 4.69) is 25.2 Å². The molecule has 1 aliphatic rings. The minimum absolute atomic E-state index is 0.387. The predicted octanol–water partition coefficient (Wildman–Crippen LogP) is 2.91. The van der Waals surface area contributed by atoms with Crippen LogP contribution in [-0.2, 0) is 0 Å². The van der Waals surface area contributed by atoms with E-state index in [0.29, 0.717) is 12.1 Å². The molecular formula is C14H21NO2. The summed E-state index contributed by atoms with van der Waals surface area (Å²) >= 11 is 0. The molecule has 0 aromatic heterocycles. The maximum Gasteiger partial charge on any atom is 0.127 e. The molecule has 1 heterocycles. The quantitative estimate of drug-likeness (QED) is 0.873. The van der Waals surface area contributed by atoms with Gasteiger partial charge in [0.25, 0.3) is 0 Å². The van der Waals surface area contributed by atoms with Crippen LogP contribution in [0.5, 0.6) is 11.5 Å². The second kappa shape index (κ2) is 5.41. The van der Waals surface area contributed by atoms with Crippen LogP contribution in [0.15, 0.2) is 18.2 Å². The minimum Gasteiger partial charge on any atom is -0.497 e. The van der Waals surface area contributed by atoms with E-state index in [1.54, 1.807) is 7.11 Å². The lowest BCUT2D eigenvalue weighted by atomic mass is 10.0.